The second kappa shape index (κ2) is 10.5. The van der Waals surface area contributed by atoms with Crippen LogP contribution in [0.15, 0.2) is 53.5 Å². The molecule has 2 aromatic carbocycles. The van der Waals surface area contributed by atoms with Crippen LogP contribution in [0.1, 0.15) is 30.0 Å². The van der Waals surface area contributed by atoms with Gasteiger partial charge in [-0.05, 0) is 47.9 Å². The summed E-state index contributed by atoms with van der Waals surface area (Å²) in [6.07, 6.45) is -3.25. The maximum atomic E-state index is 13.0. The summed E-state index contributed by atoms with van der Waals surface area (Å²) in [7, 11) is 0. The van der Waals surface area contributed by atoms with E-state index in [1.165, 1.54) is 23.8 Å². The first-order chi connectivity index (χ1) is 16.1. The molecule has 0 fully saturated rings. The molecule has 0 unspecified atom stereocenters. The van der Waals surface area contributed by atoms with Crippen molar-refractivity contribution in [2.75, 3.05) is 11.9 Å². The summed E-state index contributed by atoms with van der Waals surface area (Å²) in [4.78, 5) is 36.1. The highest BCUT2D eigenvalue weighted by atomic mass is 19.4. The Morgan fingerprint density at radius 3 is 2.47 bits per heavy atom. The van der Waals surface area contributed by atoms with Gasteiger partial charge in [0.05, 0.1) is 12.1 Å². The van der Waals surface area contributed by atoms with E-state index >= 15 is 0 Å². The molecule has 0 radical (unpaired) electrons. The number of nitrogens with zero attached hydrogens (tertiary/aromatic N) is 1. The number of carbonyl (C=O) groups excluding carboxylic acids is 2. The molecule has 1 heterocycles. The lowest BCUT2D eigenvalue weighted by atomic mass is 10.0. The van der Waals surface area contributed by atoms with E-state index in [2.05, 4.69) is 5.32 Å². The number of fused-ring (bicyclic) bond motifs is 1. The number of hydrogen-bond acceptors (Lipinski definition) is 4. The number of aryl methyl sites for hydroxylation is 1. The molecule has 0 aliphatic rings. The number of alkyl halides is 4. The number of pyridine rings is 1. The molecule has 0 aliphatic carbocycles. The van der Waals surface area contributed by atoms with Crippen molar-refractivity contribution in [1.82, 2.24) is 4.57 Å². The molecule has 1 aromatic heterocycles. The highest BCUT2D eigenvalue weighted by Gasteiger charge is 2.31. The Morgan fingerprint density at radius 2 is 1.79 bits per heavy atom. The van der Waals surface area contributed by atoms with E-state index in [9.17, 15) is 31.9 Å². The average Bonchev–Trinajstić information content (AvgIpc) is 2.78. The number of anilines is 1. The molecule has 10 heteroatoms. The smallest absolute Gasteiger partial charge is 0.416 e. The normalized spacial score (nSPS) is 11.4. The van der Waals surface area contributed by atoms with Crippen molar-refractivity contribution in [3.63, 3.8) is 0 Å². The van der Waals surface area contributed by atoms with Crippen LogP contribution in [0.3, 0.4) is 0 Å². The quantitative estimate of drug-likeness (QED) is 0.379. The first-order valence-corrected chi connectivity index (χ1v) is 10.4. The van der Waals surface area contributed by atoms with Gasteiger partial charge in [-0.1, -0.05) is 12.1 Å². The second-order valence-corrected chi connectivity index (χ2v) is 7.64. The minimum atomic E-state index is -4.61. The second-order valence-electron chi connectivity index (χ2n) is 7.64. The van der Waals surface area contributed by atoms with E-state index in [4.69, 9.17) is 4.74 Å². The largest absolute Gasteiger partial charge is 0.464 e. The molecule has 0 spiro atoms. The van der Waals surface area contributed by atoms with Gasteiger partial charge in [-0.15, -0.1) is 0 Å². The monoisotopic (exact) mass is 478 g/mol. The van der Waals surface area contributed by atoms with Crippen LogP contribution in [0.2, 0.25) is 0 Å². The van der Waals surface area contributed by atoms with E-state index in [1.54, 1.807) is 24.3 Å². The van der Waals surface area contributed by atoms with Gasteiger partial charge in [0.25, 0.3) is 5.56 Å². The van der Waals surface area contributed by atoms with E-state index in [0.717, 1.165) is 12.1 Å². The van der Waals surface area contributed by atoms with Gasteiger partial charge in [-0.2, -0.15) is 13.2 Å². The van der Waals surface area contributed by atoms with Crippen LogP contribution in [-0.4, -0.2) is 23.1 Å². The third kappa shape index (κ3) is 6.21. The van der Waals surface area contributed by atoms with Crippen molar-refractivity contribution in [3.05, 3.63) is 75.7 Å². The van der Waals surface area contributed by atoms with Crippen molar-refractivity contribution >= 4 is 28.3 Å². The molecule has 0 atom stereocenters. The molecular formula is C24H22F4N2O4. The lowest BCUT2D eigenvalue weighted by Crippen LogP contribution is -2.23. The fourth-order valence-corrected chi connectivity index (χ4v) is 3.51. The van der Waals surface area contributed by atoms with Gasteiger partial charge < -0.3 is 14.6 Å². The fraction of sp³-hybridized carbons (Fsp3) is 0.292. The number of rotatable bonds is 8. The highest BCUT2D eigenvalue weighted by Crippen LogP contribution is 2.31. The fourth-order valence-electron chi connectivity index (χ4n) is 3.51. The van der Waals surface area contributed by atoms with Crippen molar-refractivity contribution in [3.8, 4) is 0 Å². The molecule has 0 aliphatic heterocycles. The molecule has 0 saturated heterocycles. The van der Waals surface area contributed by atoms with Gasteiger partial charge in [0.15, 0.2) is 0 Å². The summed E-state index contributed by atoms with van der Waals surface area (Å²) < 4.78 is 58.3. The number of ether oxygens (including phenoxy) is 1. The highest BCUT2D eigenvalue weighted by molar-refractivity contribution is 6.01. The number of hydrogen-bond donors (Lipinski definition) is 1. The number of esters is 1. The maximum Gasteiger partial charge on any atom is 0.416 e. The summed E-state index contributed by atoms with van der Waals surface area (Å²) in [5, 5.41) is 3.51. The van der Waals surface area contributed by atoms with Gasteiger partial charge in [-0.3, -0.25) is 14.4 Å². The first-order valence-electron chi connectivity index (χ1n) is 10.4. The first kappa shape index (κ1) is 24.9. The molecule has 3 rings (SSSR count). The molecule has 0 bridgehead atoms. The van der Waals surface area contributed by atoms with Gasteiger partial charge in [0.2, 0.25) is 5.91 Å². The van der Waals surface area contributed by atoms with Crippen molar-refractivity contribution in [1.29, 1.82) is 0 Å². The zero-order valence-electron chi connectivity index (χ0n) is 18.2. The van der Waals surface area contributed by atoms with Crippen LogP contribution < -0.4 is 10.9 Å². The van der Waals surface area contributed by atoms with E-state index in [1.807, 2.05) is 0 Å². The van der Waals surface area contributed by atoms with Crippen LogP contribution in [0, 0.1) is 0 Å². The summed E-state index contributed by atoms with van der Waals surface area (Å²) >= 11 is 0. The molecule has 1 N–H and O–H groups in total. The van der Waals surface area contributed by atoms with Crippen LogP contribution in [0.5, 0.6) is 0 Å². The lowest BCUT2D eigenvalue weighted by molar-refractivity contribution is -0.141. The Labute approximate surface area is 192 Å². The van der Waals surface area contributed by atoms with Crippen molar-refractivity contribution in [2.45, 2.75) is 39.2 Å². The van der Waals surface area contributed by atoms with Crippen molar-refractivity contribution < 1.29 is 31.9 Å². The zero-order valence-corrected chi connectivity index (χ0v) is 18.2. The third-order valence-corrected chi connectivity index (χ3v) is 5.11. The Morgan fingerprint density at radius 1 is 1.06 bits per heavy atom. The van der Waals surface area contributed by atoms with E-state index in [-0.39, 0.29) is 42.7 Å². The Hall–Kier alpha value is -3.69. The van der Waals surface area contributed by atoms with Gasteiger partial charge in [-0.25, -0.2) is 4.39 Å². The molecule has 3 aromatic rings. The Kier molecular flexibility index (Phi) is 7.70. The lowest BCUT2D eigenvalue weighted by Gasteiger charge is -2.12. The summed E-state index contributed by atoms with van der Waals surface area (Å²) in [5.41, 5.74) is -0.823. The summed E-state index contributed by atoms with van der Waals surface area (Å²) in [6.45, 7) is 0.433. The van der Waals surface area contributed by atoms with Crippen LogP contribution in [0.4, 0.5) is 23.2 Å². The minimum Gasteiger partial charge on any atom is -0.464 e. The number of carbonyl (C=O) groups is 2. The van der Waals surface area contributed by atoms with Gasteiger partial charge >= 0.3 is 12.1 Å². The Balaban J connectivity index is 1.73. The zero-order chi connectivity index (χ0) is 24.9. The number of nitrogens with one attached hydrogen (secondary N) is 1. The minimum absolute atomic E-state index is 0.0174. The maximum absolute atomic E-state index is 13.0. The van der Waals surface area contributed by atoms with E-state index in [0.29, 0.717) is 16.5 Å². The SMILES string of the molecule is CC(=O)OCCn1ccc2c(NC(=O)CCc3cc(CF)cc(C(F)(F)F)c3)cccc2c1=O. The summed E-state index contributed by atoms with van der Waals surface area (Å²) in [5.74, 6) is -0.921. The molecular weight excluding hydrogens is 456 g/mol. The molecule has 0 saturated carbocycles. The molecule has 6 nitrogen and oxygen atoms in total. The van der Waals surface area contributed by atoms with Crippen LogP contribution in [-0.2, 0) is 40.1 Å². The topological polar surface area (TPSA) is 77.4 Å². The number of halogens is 4. The summed E-state index contributed by atoms with van der Waals surface area (Å²) in [6, 6.07) is 9.39. The molecule has 34 heavy (non-hydrogen) atoms. The predicted octanol–water partition coefficient (Wildman–Crippen LogP) is 4.62. The predicted molar refractivity (Wildman–Crippen MR) is 118 cm³/mol. The third-order valence-electron chi connectivity index (χ3n) is 5.11. The molecule has 180 valence electrons. The van der Waals surface area contributed by atoms with Gasteiger partial charge in [0.1, 0.15) is 13.3 Å². The van der Waals surface area contributed by atoms with Crippen LogP contribution >= 0.6 is 0 Å². The average molecular weight is 478 g/mol. The number of benzene rings is 2. The number of amides is 1. The standard InChI is InChI=1S/C24H22F4N2O4/c1-15(31)34-10-9-30-8-7-19-20(23(30)33)3-2-4-21(19)29-22(32)6-5-16-11-17(14-25)13-18(12-16)24(26,27)28/h2-4,7-8,11-13H,5-6,9-10,14H2,1H3,(H,29,32). The molecule has 1 amide bonds. The van der Waals surface area contributed by atoms with Gasteiger partial charge in [0, 0.05) is 36.0 Å². The van der Waals surface area contributed by atoms with E-state index < -0.39 is 30.3 Å². The van der Waals surface area contributed by atoms with Crippen LogP contribution in [0.25, 0.3) is 10.8 Å². The Bertz CT molecular complexity index is 1270. The number of aromatic nitrogens is 1. The van der Waals surface area contributed by atoms with Crippen molar-refractivity contribution in [2.24, 2.45) is 0 Å².